The highest BCUT2D eigenvalue weighted by Crippen LogP contribution is 2.17. The molecule has 0 bridgehead atoms. The van der Waals surface area contributed by atoms with E-state index in [4.69, 9.17) is 4.74 Å². The Labute approximate surface area is 129 Å². The maximum absolute atomic E-state index is 11.6. The predicted octanol–water partition coefficient (Wildman–Crippen LogP) is 0.789. The summed E-state index contributed by atoms with van der Waals surface area (Å²) >= 11 is 0. The Morgan fingerprint density at radius 2 is 1.91 bits per heavy atom. The van der Waals surface area contributed by atoms with Crippen LogP contribution in [0.2, 0.25) is 0 Å². The van der Waals surface area contributed by atoms with Crippen LogP contribution >= 0.6 is 0 Å². The Hall–Kier alpha value is -2.31. The topological polar surface area (TPSA) is 70.0 Å². The van der Waals surface area contributed by atoms with Crippen molar-refractivity contribution in [3.8, 4) is 0 Å². The fourth-order valence-electron chi connectivity index (χ4n) is 2.27. The van der Waals surface area contributed by atoms with Gasteiger partial charge >= 0.3 is 13.1 Å². The number of rotatable bonds is 5. The van der Waals surface area contributed by atoms with Crippen LogP contribution in [0.5, 0.6) is 0 Å². The van der Waals surface area contributed by atoms with Crippen LogP contribution in [0, 0.1) is 0 Å². The first-order valence-electron chi connectivity index (χ1n) is 6.86. The van der Waals surface area contributed by atoms with E-state index in [0.29, 0.717) is 17.6 Å². The summed E-state index contributed by atoms with van der Waals surface area (Å²) in [5.74, 6) is -0.388. The van der Waals surface area contributed by atoms with Crippen LogP contribution in [0.1, 0.15) is 15.9 Å². The first-order valence-corrected chi connectivity index (χ1v) is 6.86. The molecule has 0 aliphatic carbocycles. The summed E-state index contributed by atoms with van der Waals surface area (Å²) in [7, 11) is 1.71. The summed E-state index contributed by atoms with van der Waals surface area (Å²) < 4.78 is 4.72. The zero-order valence-electron chi connectivity index (χ0n) is 12.6. The van der Waals surface area contributed by atoms with E-state index in [1.807, 2.05) is 30.1 Å². The van der Waals surface area contributed by atoms with Crippen molar-refractivity contribution in [2.75, 3.05) is 19.1 Å². The van der Waals surface area contributed by atoms with Crippen LogP contribution in [-0.4, -0.2) is 37.3 Å². The van der Waals surface area contributed by atoms with Gasteiger partial charge in [0.05, 0.1) is 12.7 Å². The molecule has 0 radical (unpaired) electrons. The molecule has 0 aliphatic heterocycles. The van der Waals surface area contributed by atoms with Gasteiger partial charge in [-0.25, -0.2) is 4.79 Å². The molecule has 0 saturated carbocycles. The standard InChI is InChI=1S/C16H18BNO4/c1-18(11-13-6-3-4-9-15(13)17(20)21)14-8-5-7-12(10-14)16(19)22-2/h3-10,20-21H,11H2,1-2H3. The van der Waals surface area contributed by atoms with Crippen molar-refractivity contribution in [2.45, 2.75) is 6.54 Å². The predicted molar refractivity (Wildman–Crippen MR) is 86.2 cm³/mol. The normalized spacial score (nSPS) is 10.2. The highest BCUT2D eigenvalue weighted by molar-refractivity contribution is 6.59. The van der Waals surface area contributed by atoms with Crippen LogP contribution in [0.25, 0.3) is 0 Å². The molecule has 0 unspecified atom stereocenters. The van der Waals surface area contributed by atoms with Gasteiger partial charge in [0, 0.05) is 19.3 Å². The minimum absolute atomic E-state index is 0.388. The SMILES string of the molecule is COC(=O)c1cccc(N(C)Cc2ccccc2B(O)O)c1. The van der Waals surface area contributed by atoms with Crippen LogP contribution in [-0.2, 0) is 11.3 Å². The van der Waals surface area contributed by atoms with Gasteiger partial charge in [-0.1, -0.05) is 30.3 Å². The van der Waals surface area contributed by atoms with Crippen LogP contribution in [0.3, 0.4) is 0 Å². The molecule has 2 aromatic rings. The number of hydrogen-bond donors (Lipinski definition) is 2. The van der Waals surface area contributed by atoms with E-state index in [0.717, 1.165) is 11.3 Å². The third kappa shape index (κ3) is 3.66. The molecule has 114 valence electrons. The number of esters is 1. The summed E-state index contributed by atoms with van der Waals surface area (Å²) in [6, 6.07) is 14.2. The van der Waals surface area contributed by atoms with E-state index < -0.39 is 7.12 Å². The Balaban J connectivity index is 2.23. The number of anilines is 1. The molecule has 2 rings (SSSR count). The Morgan fingerprint density at radius 1 is 1.18 bits per heavy atom. The lowest BCUT2D eigenvalue weighted by molar-refractivity contribution is 0.0601. The zero-order chi connectivity index (χ0) is 16.1. The highest BCUT2D eigenvalue weighted by atomic mass is 16.5. The number of carbonyl (C=O) groups is 1. The molecule has 5 nitrogen and oxygen atoms in total. The first-order chi connectivity index (χ1) is 10.5. The lowest BCUT2D eigenvalue weighted by Crippen LogP contribution is -2.35. The van der Waals surface area contributed by atoms with Crippen LogP contribution in [0.15, 0.2) is 48.5 Å². The average molecular weight is 299 g/mol. The number of nitrogens with zero attached hydrogens (tertiary/aromatic N) is 1. The molecular weight excluding hydrogens is 281 g/mol. The van der Waals surface area contributed by atoms with Crippen LogP contribution in [0.4, 0.5) is 5.69 Å². The molecule has 0 aromatic heterocycles. The van der Waals surface area contributed by atoms with Crippen molar-refractivity contribution in [1.29, 1.82) is 0 Å². The zero-order valence-corrected chi connectivity index (χ0v) is 12.6. The van der Waals surface area contributed by atoms with Gasteiger partial charge in [-0.2, -0.15) is 0 Å². The van der Waals surface area contributed by atoms with Crippen molar-refractivity contribution in [2.24, 2.45) is 0 Å². The van der Waals surface area contributed by atoms with Crippen molar-refractivity contribution < 1.29 is 19.6 Å². The Kier molecular flexibility index (Phi) is 5.19. The number of hydrogen-bond acceptors (Lipinski definition) is 5. The number of benzene rings is 2. The maximum Gasteiger partial charge on any atom is 0.488 e. The molecule has 0 amide bonds. The third-order valence-corrected chi connectivity index (χ3v) is 3.45. The molecule has 0 heterocycles. The van der Waals surface area contributed by atoms with Gasteiger partial charge in [0.1, 0.15) is 0 Å². The molecule has 22 heavy (non-hydrogen) atoms. The summed E-state index contributed by atoms with van der Waals surface area (Å²) in [5.41, 5.74) is 2.59. The number of ether oxygens (including phenoxy) is 1. The summed E-state index contributed by atoms with van der Waals surface area (Å²) in [4.78, 5) is 13.5. The second-order valence-electron chi connectivity index (χ2n) is 4.97. The Bertz CT molecular complexity index is 660. The average Bonchev–Trinajstić information content (AvgIpc) is 2.54. The molecule has 0 atom stereocenters. The van der Waals surface area contributed by atoms with Gasteiger partial charge in [0.25, 0.3) is 0 Å². The quantitative estimate of drug-likeness (QED) is 0.631. The molecule has 0 fully saturated rings. The molecule has 2 N–H and O–H groups in total. The van der Waals surface area contributed by atoms with E-state index in [1.165, 1.54) is 7.11 Å². The monoisotopic (exact) mass is 299 g/mol. The van der Waals surface area contributed by atoms with Gasteiger partial charge in [-0.05, 0) is 29.2 Å². The van der Waals surface area contributed by atoms with Crippen molar-refractivity contribution in [3.05, 3.63) is 59.7 Å². The molecule has 2 aromatic carbocycles. The summed E-state index contributed by atoms with van der Waals surface area (Å²) in [5, 5.41) is 18.8. The van der Waals surface area contributed by atoms with E-state index in [2.05, 4.69) is 0 Å². The largest absolute Gasteiger partial charge is 0.488 e. The van der Waals surface area contributed by atoms with E-state index >= 15 is 0 Å². The van der Waals surface area contributed by atoms with E-state index in [-0.39, 0.29) is 5.97 Å². The number of carbonyl (C=O) groups excluding carboxylic acids is 1. The number of methoxy groups -OCH3 is 1. The molecule has 6 heteroatoms. The second kappa shape index (κ2) is 7.11. The highest BCUT2D eigenvalue weighted by Gasteiger charge is 2.16. The van der Waals surface area contributed by atoms with Crippen molar-refractivity contribution in [1.82, 2.24) is 0 Å². The van der Waals surface area contributed by atoms with Gasteiger partial charge in [0.15, 0.2) is 0 Å². The smallest absolute Gasteiger partial charge is 0.465 e. The molecule has 0 aliphatic rings. The fraction of sp³-hybridized carbons (Fsp3) is 0.188. The van der Waals surface area contributed by atoms with Crippen molar-refractivity contribution >= 4 is 24.2 Å². The van der Waals surface area contributed by atoms with Crippen LogP contribution < -0.4 is 10.4 Å². The lowest BCUT2D eigenvalue weighted by atomic mass is 9.77. The first kappa shape index (κ1) is 16.1. The van der Waals surface area contributed by atoms with Crippen molar-refractivity contribution in [3.63, 3.8) is 0 Å². The van der Waals surface area contributed by atoms with Gasteiger partial charge in [-0.3, -0.25) is 0 Å². The fourth-order valence-corrected chi connectivity index (χ4v) is 2.27. The summed E-state index contributed by atoms with van der Waals surface area (Å²) in [6.07, 6.45) is 0. The second-order valence-corrected chi connectivity index (χ2v) is 4.97. The van der Waals surface area contributed by atoms with Gasteiger partial charge in [-0.15, -0.1) is 0 Å². The molecular formula is C16H18BNO4. The molecule has 0 saturated heterocycles. The molecule has 0 spiro atoms. The minimum Gasteiger partial charge on any atom is -0.465 e. The van der Waals surface area contributed by atoms with Gasteiger partial charge < -0.3 is 19.7 Å². The summed E-state index contributed by atoms with van der Waals surface area (Å²) in [6.45, 7) is 0.485. The van der Waals surface area contributed by atoms with Gasteiger partial charge in [0.2, 0.25) is 0 Å². The minimum atomic E-state index is -1.51. The maximum atomic E-state index is 11.6. The Morgan fingerprint density at radius 3 is 2.59 bits per heavy atom. The van der Waals surface area contributed by atoms with E-state index in [9.17, 15) is 14.8 Å². The van der Waals surface area contributed by atoms with E-state index in [1.54, 1.807) is 30.3 Å². The lowest BCUT2D eigenvalue weighted by Gasteiger charge is -2.21. The third-order valence-electron chi connectivity index (χ3n) is 3.45.